The molecule has 2 aromatic heterocycles. The fourth-order valence-corrected chi connectivity index (χ4v) is 3.68. The van der Waals surface area contributed by atoms with Gasteiger partial charge in [0.2, 0.25) is 0 Å². The van der Waals surface area contributed by atoms with Crippen molar-refractivity contribution >= 4 is 28.3 Å². The van der Waals surface area contributed by atoms with Crippen LogP contribution in [0.3, 0.4) is 0 Å². The van der Waals surface area contributed by atoms with Crippen molar-refractivity contribution in [2.75, 3.05) is 5.32 Å². The van der Waals surface area contributed by atoms with Gasteiger partial charge in [-0.2, -0.15) is 0 Å². The predicted molar refractivity (Wildman–Crippen MR) is 135 cm³/mol. The second kappa shape index (κ2) is 9.59. The Kier molecular flexibility index (Phi) is 6.02. The van der Waals surface area contributed by atoms with Crippen molar-refractivity contribution in [2.24, 2.45) is 5.73 Å². The molecule has 0 atom stereocenters. The second-order valence-electron chi connectivity index (χ2n) is 7.96. The molecular weight excluding hydrogens is 458 g/mol. The molecule has 0 aliphatic rings. The molecule has 0 spiro atoms. The number of anilines is 2. The molecule has 3 aromatic carbocycles. The number of aromatic hydroxyl groups is 2. The lowest BCUT2D eigenvalue weighted by molar-refractivity contribution is 0.100. The van der Waals surface area contributed by atoms with Gasteiger partial charge in [-0.05, 0) is 60.2 Å². The van der Waals surface area contributed by atoms with E-state index >= 15 is 0 Å². The van der Waals surface area contributed by atoms with Crippen LogP contribution in [0.1, 0.15) is 15.9 Å². The smallest absolute Gasteiger partial charge is 0.250 e. The van der Waals surface area contributed by atoms with E-state index in [-0.39, 0.29) is 18.1 Å². The van der Waals surface area contributed by atoms with Gasteiger partial charge in [-0.3, -0.25) is 9.78 Å². The number of rotatable bonds is 7. The van der Waals surface area contributed by atoms with Gasteiger partial charge < -0.3 is 26.0 Å². The molecule has 0 radical (unpaired) electrons. The third-order valence-corrected chi connectivity index (χ3v) is 5.48. The standard InChI is InChI=1S/C27H21N5O4/c28-25(35)19-5-1-2-6-21(19)31-27-20-13-18(36-15-16-7-10-23(33)24(34)12-16)8-9-22(20)30-26(32-27)17-4-3-11-29-14-17/h1-14,33-34H,15H2,(H2,28,35)(H,30,31,32). The molecule has 5 rings (SSSR count). The molecule has 0 aliphatic heterocycles. The molecular formula is C27H21N5O4. The maximum atomic E-state index is 12.0. The second-order valence-corrected chi connectivity index (χ2v) is 7.96. The van der Waals surface area contributed by atoms with E-state index in [4.69, 9.17) is 15.5 Å². The van der Waals surface area contributed by atoms with Crippen LogP contribution in [0.4, 0.5) is 11.5 Å². The first-order chi connectivity index (χ1) is 17.5. The summed E-state index contributed by atoms with van der Waals surface area (Å²) in [5, 5.41) is 23.1. The minimum Gasteiger partial charge on any atom is -0.504 e. The van der Waals surface area contributed by atoms with Crippen LogP contribution in [0.5, 0.6) is 17.2 Å². The molecule has 0 aliphatic carbocycles. The summed E-state index contributed by atoms with van der Waals surface area (Å²) in [4.78, 5) is 25.5. The van der Waals surface area contributed by atoms with Crippen LogP contribution in [-0.4, -0.2) is 31.1 Å². The Morgan fingerprint density at radius 3 is 2.58 bits per heavy atom. The number of carbonyl (C=O) groups is 1. The van der Waals surface area contributed by atoms with E-state index in [9.17, 15) is 15.0 Å². The summed E-state index contributed by atoms with van der Waals surface area (Å²) in [6.45, 7) is 0.168. The topological polar surface area (TPSA) is 143 Å². The van der Waals surface area contributed by atoms with Gasteiger partial charge >= 0.3 is 0 Å². The number of nitrogens with zero attached hydrogens (tertiary/aromatic N) is 3. The van der Waals surface area contributed by atoms with E-state index in [1.165, 1.54) is 12.1 Å². The van der Waals surface area contributed by atoms with Gasteiger partial charge in [0.25, 0.3) is 5.91 Å². The number of nitrogens with one attached hydrogen (secondary N) is 1. The molecule has 0 unspecified atom stereocenters. The summed E-state index contributed by atoms with van der Waals surface area (Å²) in [6, 6.07) is 20.5. The molecule has 0 bridgehead atoms. The summed E-state index contributed by atoms with van der Waals surface area (Å²) in [7, 11) is 0. The molecule has 9 heteroatoms. The van der Waals surface area contributed by atoms with Gasteiger partial charge in [-0.15, -0.1) is 0 Å². The van der Waals surface area contributed by atoms with Crippen LogP contribution in [-0.2, 0) is 6.61 Å². The van der Waals surface area contributed by atoms with E-state index in [2.05, 4.69) is 15.3 Å². The van der Waals surface area contributed by atoms with E-state index in [0.29, 0.717) is 45.1 Å². The first-order valence-corrected chi connectivity index (χ1v) is 11.0. The Balaban J connectivity index is 1.55. The molecule has 5 aromatic rings. The van der Waals surface area contributed by atoms with Crippen molar-refractivity contribution in [2.45, 2.75) is 6.61 Å². The number of phenols is 2. The molecule has 178 valence electrons. The number of fused-ring (bicyclic) bond motifs is 1. The lowest BCUT2D eigenvalue weighted by Crippen LogP contribution is -2.13. The lowest BCUT2D eigenvalue weighted by atomic mass is 10.1. The normalized spacial score (nSPS) is 10.8. The number of amides is 1. The molecule has 1 amide bonds. The highest BCUT2D eigenvalue weighted by atomic mass is 16.5. The van der Waals surface area contributed by atoms with Crippen molar-refractivity contribution in [1.82, 2.24) is 15.0 Å². The highest BCUT2D eigenvalue weighted by Gasteiger charge is 2.14. The molecule has 0 fully saturated rings. The van der Waals surface area contributed by atoms with Crippen LogP contribution in [0, 0.1) is 0 Å². The Morgan fingerprint density at radius 1 is 0.944 bits per heavy atom. The molecule has 0 saturated heterocycles. The van der Waals surface area contributed by atoms with Gasteiger partial charge in [0.1, 0.15) is 18.2 Å². The number of carbonyl (C=O) groups excluding carboxylic acids is 1. The molecule has 5 N–H and O–H groups in total. The number of primary amides is 1. The van der Waals surface area contributed by atoms with E-state index < -0.39 is 5.91 Å². The number of nitrogens with two attached hydrogens (primary N) is 1. The highest BCUT2D eigenvalue weighted by molar-refractivity contribution is 6.01. The van der Waals surface area contributed by atoms with Gasteiger partial charge in [-0.25, -0.2) is 9.97 Å². The highest BCUT2D eigenvalue weighted by Crippen LogP contribution is 2.32. The number of ether oxygens (including phenoxy) is 1. The molecule has 0 saturated carbocycles. The summed E-state index contributed by atoms with van der Waals surface area (Å²) >= 11 is 0. The number of hydrogen-bond acceptors (Lipinski definition) is 8. The molecule has 9 nitrogen and oxygen atoms in total. The van der Waals surface area contributed by atoms with Gasteiger partial charge in [0, 0.05) is 23.3 Å². The van der Waals surface area contributed by atoms with Crippen molar-refractivity contribution < 1.29 is 19.7 Å². The summed E-state index contributed by atoms with van der Waals surface area (Å²) < 4.78 is 5.92. The first-order valence-electron chi connectivity index (χ1n) is 11.0. The Labute approximate surface area is 205 Å². The Morgan fingerprint density at radius 2 is 1.81 bits per heavy atom. The first kappa shape index (κ1) is 22.6. The fourth-order valence-electron chi connectivity index (χ4n) is 3.68. The number of benzene rings is 3. The van der Waals surface area contributed by atoms with Crippen LogP contribution >= 0.6 is 0 Å². The predicted octanol–water partition coefficient (Wildman–Crippen LogP) is 4.52. The zero-order valence-electron chi connectivity index (χ0n) is 18.9. The Hall–Kier alpha value is -5.18. The number of pyridine rings is 1. The third kappa shape index (κ3) is 4.71. The summed E-state index contributed by atoms with van der Waals surface area (Å²) in [5.41, 5.74) is 8.47. The van der Waals surface area contributed by atoms with Crippen molar-refractivity contribution in [3.05, 3.63) is 96.3 Å². The number of para-hydroxylation sites is 1. The van der Waals surface area contributed by atoms with Crippen LogP contribution < -0.4 is 15.8 Å². The zero-order chi connectivity index (χ0) is 25.1. The minimum absolute atomic E-state index is 0.168. The van der Waals surface area contributed by atoms with Gasteiger partial charge in [0.05, 0.1) is 16.8 Å². The van der Waals surface area contributed by atoms with Crippen molar-refractivity contribution in [3.63, 3.8) is 0 Å². The van der Waals surface area contributed by atoms with Gasteiger partial charge in [0.15, 0.2) is 17.3 Å². The van der Waals surface area contributed by atoms with E-state index in [1.54, 1.807) is 60.9 Å². The Bertz CT molecular complexity index is 1570. The van der Waals surface area contributed by atoms with E-state index in [0.717, 1.165) is 5.56 Å². The number of phenolic OH excluding ortho intramolecular Hbond substituents is 2. The summed E-state index contributed by atoms with van der Waals surface area (Å²) in [5.74, 6) is 0.482. The molecule has 2 heterocycles. The average Bonchev–Trinajstić information content (AvgIpc) is 2.90. The largest absolute Gasteiger partial charge is 0.504 e. The quantitative estimate of drug-likeness (QED) is 0.249. The lowest BCUT2D eigenvalue weighted by Gasteiger charge is -2.14. The fraction of sp³-hybridized carbons (Fsp3) is 0.0370. The SMILES string of the molecule is NC(=O)c1ccccc1Nc1nc(-c2cccnc2)nc2ccc(OCc3ccc(O)c(O)c3)cc12. The monoisotopic (exact) mass is 479 g/mol. The van der Waals surface area contributed by atoms with Gasteiger partial charge in [-0.1, -0.05) is 18.2 Å². The van der Waals surface area contributed by atoms with Crippen molar-refractivity contribution in [1.29, 1.82) is 0 Å². The zero-order valence-corrected chi connectivity index (χ0v) is 18.9. The third-order valence-electron chi connectivity index (χ3n) is 5.48. The van der Waals surface area contributed by atoms with E-state index in [1.807, 2.05) is 12.1 Å². The average molecular weight is 479 g/mol. The maximum absolute atomic E-state index is 12.0. The molecule has 36 heavy (non-hydrogen) atoms. The number of hydrogen-bond donors (Lipinski definition) is 4. The van der Waals surface area contributed by atoms with Crippen LogP contribution in [0.15, 0.2) is 85.2 Å². The summed E-state index contributed by atoms with van der Waals surface area (Å²) in [6.07, 6.45) is 3.34. The van der Waals surface area contributed by atoms with Crippen molar-refractivity contribution in [3.8, 4) is 28.6 Å². The van der Waals surface area contributed by atoms with Crippen LogP contribution in [0.2, 0.25) is 0 Å². The minimum atomic E-state index is -0.565. The van der Waals surface area contributed by atoms with Crippen LogP contribution in [0.25, 0.3) is 22.3 Å². The maximum Gasteiger partial charge on any atom is 0.250 e. The number of aromatic nitrogens is 3.